The lowest BCUT2D eigenvalue weighted by Gasteiger charge is -2.06. The van der Waals surface area contributed by atoms with E-state index >= 15 is 0 Å². The molecule has 0 saturated carbocycles. The number of hydrogen-bond donors (Lipinski definition) is 1. The molecule has 1 aromatic rings. The summed E-state index contributed by atoms with van der Waals surface area (Å²) in [7, 11) is 0. The fourth-order valence-corrected chi connectivity index (χ4v) is 1.84. The Labute approximate surface area is 95.4 Å². The van der Waals surface area contributed by atoms with Gasteiger partial charge in [0.25, 0.3) is 0 Å². The summed E-state index contributed by atoms with van der Waals surface area (Å²) < 4.78 is 39.9. The number of nitrogens with zero attached hydrogens (tertiary/aromatic N) is 1. The minimum atomic E-state index is -4.29. The van der Waals surface area contributed by atoms with Gasteiger partial charge < -0.3 is 10.5 Å². The predicted octanol–water partition coefficient (Wildman–Crippen LogP) is 2.28. The Bertz CT molecular complexity index is 327. The molecule has 1 atom stereocenters. The van der Waals surface area contributed by atoms with Gasteiger partial charge in [-0.3, -0.25) is 0 Å². The highest BCUT2D eigenvalue weighted by molar-refractivity contribution is 7.09. The van der Waals surface area contributed by atoms with Crippen molar-refractivity contribution in [2.24, 2.45) is 5.73 Å². The van der Waals surface area contributed by atoms with Gasteiger partial charge in [0.1, 0.15) is 11.6 Å². The van der Waals surface area contributed by atoms with Gasteiger partial charge in [0.2, 0.25) is 0 Å². The second-order valence-corrected chi connectivity index (χ2v) is 4.35. The summed E-state index contributed by atoms with van der Waals surface area (Å²) in [6, 6.07) is 0. The van der Waals surface area contributed by atoms with Crippen molar-refractivity contribution in [2.45, 2.75) is 25.6 Å². The van der Waals surface area contributed by atoms with Crippen molar-refractivity contribution in [3.8, 4) is 0 Å². The molecule has 0 spiro atoms. The van der Waals surface area contributed by atoms with Gasteiger partial charge in [-0.1, -0.05) is 6.92 Å². The van der Waals surface area contributed by atoms with Crippen LogP contribution in [0, 0.1) is 0 Å². The summed E-state index contributed by atoms with van der Waals surface area (Å²) in [5.74, 6) is 0.118. The highest BCUT2D eigenvalue weighted by atomic mass is 32.1. The third kappa shape index (κ3) is 4.46. The maximum absolute atomic E-state index is 11.8. The van der Waals surface area contributed by atoms with Crippen LogP contribution in [0.25, 0.3) is 0 Å². The van der Waals surface area contributed by atoms with Crippen LogP contribution >= 0.6 is 11.3 Å². The van der Waals surface area contributed by atoms with Gasteiger partial charge in [-0.2, -0.15) is 13.2 Å². The maximum Gasteiger partial charge on any atom is 0.411 e. The molecule has 7 heteroatoms. The summed E-state index contributed by atoms with van der Waals surface area (Å²) >= 11 is 1.28. The number of nitrogens with two attached hydrogens (primary N) is 1. The fourth-order valence-electron chi connectivity index (χ4n) is 0.993. The molecule has 16 heavy (non-hydrogen) atoms. The first-order chi connectivity index (χ1) is 7.42. The molecule has 3 nitrogen and oxygen atoms in total. The van der Waals surface area contributed by atoms with Gasteiger partial charge in [0.15, 0.2) is 0 Å². The lowest BCUT2D eigenvalue weighted by molar-refractivity contribution is -0.176. The van der Waals surface area contributed by atoms with Crippen LogP contribution in [0.3, 0.4) is 0 Å². The lowest BCUT2D eigenvalue weighted by Crippen LogP contribution is -2.16. The molecular formula is C9H13F3N2OS. The van der Waals surface area contributed by atoms with Gasteiger partial charge in [0, 0.05) is 17.8 Å². The molecule has 92 valence electrons. The Morgan fingerprint density at radius 1 is 1.56 bits per heavy atom. The van der Waals surface area contributed by atoms with E-state index in [-0.39, 0.29) is 12.5 Å². The van der Waals surface area contributed by atoms with Crippen LogP contribution in [0.1, 0.15) is 23.5 Å². The average Bonchev–Trinajstić information content (AvgIpc) is 2.63. The minimum absolute atomic E-state index is 0.110. The lowest BCUT2D eigenvalue weighted by atomic mass is 10.1. The van der Waals surface area contributed by atoms with Gasteiger partial charge in [-0.15, -0.1) is 11.3 Å². The summed E-state index contributed by atoms with van der Waals surface area (Å²) in [4.78, 5) is 4.15. The summed E-state index contributed by atoms with van der Waals surface area (Å²) in [6.45, 7) is 1.03. The monoisotopic (exact) mass is 254 g/mol. The fraction of sp³-hybridized carbons (Fsp3) is 0.667. The van der Waals surface area contributed by atoms with Crippen LogP contribution in [0.15, 0.2) is 5.38 Å². The number of alkyl halides is 3. The first-order valence-corrected chi connectivity index (χ1v) is 5.59. The molecule has 0 aliphatic carbocycles. The molecule has 0 bridgehead atoms. The molecule has 1 heterocycles. The molecular weight excluding hydrogens is 241 g/mol. The summed E-state index contributed by atoms with van der Waals surface area (Å²) in [5, 5.41) is 2.34. The van der Waals surface area contributed by atoms with Crippen molar-refractivity contribution in [1.82, 2.24) is 4.98 Å². The predicted molar refractivity (Wildman–Crippen MR) is 55.3 cm³/mol. The number of aromatic nitrogens is 1. The molecule has 1 unspecified atom stereocenters. The van der Waals surface area contributed by atoms with Crippen molar-refractivity contribution in [2.75, 3.05) is 13.2 Å². The molecule has 0 radical (unpaired) electrons. The van der Waals surface area contributed by atoms with Crippen LogP contribution in [0.4, 0.5) is 13.2 Å². The van der Waals surface area contributed by atoms with E-state index in [1.807, 2.05) is 6.92 Å². The van der Waals surface area contributed by atoms with E-state index < -0.39 is 12.8 Å². The maximum atomic E-state index is 11.8. The highest BCUT2D eigenvalue weighted by Gasteiger charge is 2.27. The van der Waals surface area contributed by atoms with Crippen molar-refractivity contribution in [3.05, 3.63) is 16.1 Å². The first kappa shape index (κ1) is 13.4. The Morgan fingerprint density at radius 3 is 2.81 bits per heavy atom. The smallest absolute Gasteiger partial charge is 0.365 e. The van der Waals surface area contributed by atoms with Crippen molar-refractivity contribution in [1.29, 1.82) is 0 Å². The van der Waals surface area contributed by atoms with Gasteiger partial charge >= 0.3 is 6.18 Å². The first-order valence-electron chi connectivity index (χ1n) is 4.71. The van der Waals surface area contributed by atoms with Crippen LogP contribution in [0.5, 0.6) is 0 Å². The van der Waals surface area contributed by atoms with Crippen molar-refractivity contribution < 1.29 is 17.9 Å². The van der Waals surface area contributed by atoms with Crippen LogP contribution in [0.2, 0.25) is 0 Å². The molecule has 0 saturated heterocycles. The van der Waals surface area contributed by atoms with E-state index in [9.17, 15) is 13.2 Å². The topological polar surface area (TPSA) is 48.1 Å². The van der Waals surface area contributed by atoms with Crippen LogP contribution < -0.4 is 5.73 Å². The van der Waals surface area contributed by atoms with Crippen molar-refractivity contribution >= 4 is 11.3 Å². The van der Waals surface area contributed by atoms with Crippen molar-refractivity contribution in [3.63, 3.8) is 0 Å². The van der Waals surface area contributed by atoms with E-state index in [1.54, 1.807) is 5.38 Å². The second-order valence-electron chi connectivity index (χ2n) is 3.41. The van der Waals surface area contributed by atoms with Crippen LogP contribution in [-0.4, -0.2) is 24.3 Å². The summed E-state index contributed by atoms with van der Waals surface area (Å²) in [6.07, 6.45) is -4.29. The number of hydrogen-bond acceptors (Lipinski definition) is 4. The quantitative estimate of drug-likeness (QED) is 0.877. The Balaban J connectivity index is 2.41. The van der Waals surface area contributed by atoms with E-state index in [2.05, 4.69) is 9.72 Å². The number of ether oxygens (including phenoxy) is 1. The van der Waals surface area contributed by atoms with E-state index in [4.69, 9.17) is 5.73 Å². The second kappa shape index (κ2) is 5.60. The Kier molecular flexibility index (Phi) is 4.69. The Morgan fingerprint density at radius 2 is 2.25 bits per heavy atom. The minimum Gasteiger partial charge on any atom is -0.365 e. The third-order valence-electron chi connectivity index (χ3n) is 1.92. The highest BCUT2D eigenvalue weighted by Crippen LogP contribution is 2.20. The molecule has 2 N–H and O–H groups in total. The molecule has 0 aromatic carbocycles. The van der Waals surface area contributed by atoms with E-state index in [0.29, 0.717) is 11.6 Å². The Hall–Kier alpha value is -0.660. The molecule has 0 fully saturated rings. The molecule has 0 aliphatic rings. The zero-order valence-corrected chi connectivity index (χ0v) is 9.57. The molecule has 0 aliphatic heterocycles. The number of halogens is 3. The molecule has 1 aromatic heterocycles. The molecule has 0 amide bonds. The van der Waals surface area contributed by atoms with Gasteiger partial charge in [0.05, 0.1) is 12.3 Å². The van der Waals surface area contributed by atoms with E-state index in [1.165, 1.54) is 11.3 Å². The van der Waals surface area contributed by atoms with Gasteiger partial charge in [-0.05, 0) is 0 Å². The summed E-state index contributed by atoms with van der Waals surface area (Å²) in [5.41, 5.74) is 6.26. The zero-order chi connectivity index (χ0) is 12.2. The number of rotatable bonds is 5. The zero-order valence-electron chi connectivity index (χ0n) is 8.75. The number of thiazole rings is 1. The molecule has 1 rings (SSSR count). The normalized spacial score (nSPS) is 14.1. The third-order valence-corrected chi connectivity index (χ3v) is 2.76. The SMILES string of the molecule is CC(CN)c1csc(COCC(F)(F)F)n1. The average molecular weight is 254 g/mol. The standard InChI is InChI=1S/C9H13F3N2OS/c1-6(2-13)7-4-16-8(14-7)3-15-5-9(10,11)12/h4,6H,2-3,5,13H2,1H3. The van der Waals surface area contributed by atoms with Gasteiger partial charge in [-0.25, -0.2) is 4.98 Å². The van der Waals surface area contributed by atoms with E-state index in [0.717, 1.165) is 5.69 Å². The van der Waals surface area contributed by atoms with Crippen LogP contribution in [-0.2, 0) is 11.3 Å². The largest absolute Gasteiger partial charge is 0.411 e.